The number of aromatic nitrogens is 2. The van der Waals surface area contributed by atoms with E-state index in [1.807, 2.05) is 36.4 Å². The van der Waals surface area contributed by atoms with Crippen molar-refractivity contribution in [1.29, 1.82) is 0 Å². The second kappa shape index (κ2) is 9.21. The maximum Gasteiger partial charge on any atom is 0.407 e. The van der Waals surface area contributed by atoms with Gasteiger partial charge in [0.05, 0.1) is 19.1 Å². The van der Waals surface area contributed by atoms with Crippen LogP contribution in [0.4, 0.5) is 4.79 Å². The number of methoxy groups -OCH3 is 1. The molecule has 1 saturated heterocycles. The lowest BCUT2D eigenvalue weighted by molar-refractivity contribution is -0.146. The van der Waals surface area contributed by atoms with Gasteiger partial charge >= 0.3 is 12.1 Å². The standard InChI is InChI=1S/C19H32N4O4/c1-6-8-22-11-15(20-13-22)10-16(17(24)26-5)23-9-7-14(12-23)21-18(25)27-19(2,3)4/h11,13-14,16H,6-10,12H2,1-5H3,(H,21,25)/t14-,16-/m0/s1. The van der Waals surface area contributed by atoms with Crippen molar-refractivity contribution in [2.24, 2.45) is 0 Å². The van der Waals surface area contributed by atoms with Crippen molar-refractivity contribution in [2.75, 3.05) is 20.2 Å². The molecule has 8 nitrogen and oxygen atoms in total. The van der Waals surface area contributed by atoms with Gasteiger partial charge in [-0.3, -0.25) is 9.69 Å². The van der Waals surface area contributed by atoms with Crippen LogP contribution in [0, 0.1) is 0 Å². The molecule has 8 heteroatoms. The Morgan fingerprint density at radius 2 is 2.15 bits per heavy atom. The number of hydrogen-bond acceptors (Lipinski definition) is 6. The van der Waals surface area contributed by atoms with Gasteiger partial charge in [-0.1, -0.05) is 6.92 Å². The summed E-state index contributed by atoms with van der Waals surface area (Å²) in [6.45, 7) is 9.79. The molecule has 2 rings (SSSR count). The van der Waals surface area contributed by atoms with Crippen LogP contribution in [0.5, 0.6) is 0 Å². The summed E-state index contributed by atoms with van der Waals surface area (Å²) >= 11 is 0. The first-order valence-electron chi connectivity index (χ1n) is 9.54. The van der Waals surface area contributed by atoms with Crippen molar-refractivity contribution < 1.29 is 19.1 Å². The van der Waals surface area contributed by atoms with Crippen LogP contribution in [0.2, 0.25) is 0 Å². The predicted octanol–water partition coefficient (Wildman–Crippen LogP) is 1.98. The number of imidazole rings is 1. The van der Waals surface area contributed by atoms with Gasteiger partial charge in [-0.15, -0.1) is 0 Å². The number of esters is 1. The zero-order chi connectivity index (χ0) is 20.0. The summed E-state index contributed by atoms with van der Waals surface area (Å²) in [5.74, 6) is -0.280. The molecule has 1 aromatic rings. The molecule has 2 atom stereocenters. The van der Waals surface area contributed by atoms with Gasteiger partial charge in [0.25, 0.3) is 0 Å². The van der Waals surface area contributed by atoms with E-state index in [0.29, 0.717) is 19.5 Å². The van der Waals surface area contributed by atoms with E-state index < -0.39 is 17.7 Å². The van der Waals surface area contributed by atoms with E-state index in [1.165, 1.54) is 7.11 Å². The highest BCUT2D eigenvalue weighted by Gasteiger charge is 2.34. The number of nitrogens with zero attached hydrogens (tertiary/aromatic N) is 3. The number of likely N-dealkylation sites (tertiary alicyclic amines) is 1. The fourth-order valence-electron chi connectivity index (χ4n) is 3.25. The molecule has 0 aliphatic carbocycles. The van der Waals surface area contributed by atoms with Gasteiger partial charge in [0.1, 0.15) is 11.6 Å². The van der Waals surface area contributed by atoms with Crippen molar-refractivity contribution in [3.05, 3.63) is 18.2 Å². The second-order valence-corrected chi connectivity index (χ2v) is 7.97. The summed E-state index contributed by atoms with van der Waals surface area (Å²) in [5, 5.41) is 2.89. The Hall–Kier alpha value is -2.09. The smallest absolute Gasteiger partial charge is 0.407 e. The molecule has 152 valence electrons. The average Bonchev–Trinajstić information content (AvgIpc) is 3.20. The van der Waals surface area contributed by atoms with Crippen LogP contribution in [0.3, 0.4) is 0 Å². The van der Waals surface area contributed by atoms with Crippen LogP contribution < -0.4 is 5.32 Å². The number of amides is 1. The van der Waals surface area contributed by atoms with E-state index in [9.17, 15) is 9.59 Å². The number of hydrogen-bond donors (Lipinski definition) is 1. The number of carbonyl (C=O) groups is 2. The maximum atomic E-state index is 12.3. The van der Waals surface area contributed by atoms with Gasteiger partial charge in [0.2, 0.25) is 0 Å². The largest absolute Gasteiger partial charge is 0.468 e. The quantitative estimate of drug-likeness (QED) is 0.728. The zero-order valence-corrected chi connectivity index (χ0v) is 17.0. The number of rotatable bonds is 7. The monoisotopic (exact) mass is 380 g/mol. The lowest BCUT2D eigenvalue weighted by Gasteiger charge is -2.25. The number of ether oxygens (including phenoxy) is 2. The molecule has 2 heterocycles. The molecular formula is C19H32N4O4. The molecule has 1 aromatic heterocycles. The Balaban J connectivity index is 1.96. The molecular weight excluding hydrogens is 348 g/mol. The molecule has 0 saturated carbocycles. The molecule has 0 radical (unpaired) electrons. The fraction of sp³-hybridized carbons (Fsp3) is 0.737. The molecule has 1 fully saturated rings. The minimum atomic E-state index is -0.533. The van der Waals surface area contributed by atoms with Gasteiger partial charge < -0.3 is 19.4 Å². The molecule has 0 bridgehead atoms. The van der Waals surface area contributed by atoms with Crippen LogP contribution in [-0.2, 0) is 27.2 Å². The topological polar surface area (TPSA) is 85.7 Å². The maximum absolute atomic E-state index is 12.3. The zero-order valence-electron chi connectivity index (χ0n) is 17.0. The highest BCUT2D eigenvalue weighted by Crippen LogP contribution is 2.18. The van der Waals surface area contributed by atoms with E-state index in [4.69, 9.17) is 9.47 Å². The van der Waals surface area contributed by atoms with Crippen LogP contribution in [0.1, 0.15) is 46.2 Å². The molecule has 27 heavy (non-hydrogen) atoms. The van der Waals surface area contributed by atoms with E-state index in [2.05, 4.69) is 17.2 Å². The lowest BCUT2D eigenvalue weighted by atomic mass is 10.1. The highest BCUT2D eigenvalue weighted by atomic mass is 16.6. The van der Waals surface area contributed by atoms with Crippen molar-refractivity contribution in [2.45, 2.75) is 71.2 Å². The van der Waals surface area contributed by atoms with E-state index in [1.54, 1.807) is 6.33 Å². The summed E-state index contributed by atoms with van der Waals surface area (Å²) in [4.78, 5) is 30.8. The Labute approximate surface area is 161 Å². The Kier molecular flexibility index (Phi) is 7.24. The number of aryl methyl sites for hydroxylation is 1. The molecule has 1 amide bonds. The molecule has 0 spiro atoms. The average molecular weight is 380 g/mol. The van der Waals surface area contributed by atoms with Gasteiger partial charge in [-0.25, -0.2) is 9.78 Å². The minimum absolute atomic E-state index is 0.0512. The molecule has 1 aliphatic rings. The van der Waals surface area contributed by atoms with Crippen LogP contribution in [0.15, 0.2) is 12.5 Å². The summed E-state index contributed by atoms with van der Waals surface area (Å²) < 4.78 is 12.3. The molecule has 0 unspecified atom stereocenters. The summed E-state index contributed by atoms with van der Waals surface area (Å²) in [5.41, 5.74) is 0.330. The third-order valence-corrected chi connectivity index (χ3v) is 4.43. The summed E-state index contributed by atoms with van der Waals surface area (Å²) in [6, 6.07) is -0.463. The van der Waals surface area contributed by atoms with Crippen molar-refractivity contribution in [3.8, 4) is 0 Å². The van der Waals surface area contributed by atoms with Gasteiger partial charge in [0, 0.05) is 38.3 Å². The Morgan fingerprint density at radius 3 is 2.78 bits per heavy atom. The van der Waals surface area contributed by atoms with Gasteiger partial charge in [-0.2, -0.15) is 0 Å². The first-order chi connectivity index (χ1) is 12.7. The van der Waals surface area contributed by atoms with Gasteiger partial charge in [0.15, 0.2) is 0 Å². The lowest BCUT2D eigenvalue weighted by Crippen LogP contribution is -2.45. The molecule has 1 aliphatic heterocycles. The van der Waals surface area contributed by atoms with Crippen LogP contribution in [-0.4, -0.2) is 64.4 Å². The molecule has 1 N–H and O–H groups in total. The Bertz CT molecular complexity index is 638. The predicted molar refractivity (Wildman–Crippen MR) is 101 cm³/mol. The summed E-state index contributed by atoms with van der Waals surface area (Å²) in [6.07, 6.45) is 5.62. The van der Waals surface area contributed by atoms with Crippen molar-refractivity contribution in [3.63, 3.8) is 0 Å². The van der Waals surface area contributed by atoms with E-state index >= 15 is 0 Å². The van der Waals surface area contributed by atoms with E-state index in [0.717, 1.165) is 25.1 Å². The number of carbonyl (C=O) groups excluding carboxylic acids is 2. The number of alkyl carbamates (subject to hydrolysis) is 1. The minimum Gasteiger partial charge on any atom is -0.468 e. The first kappa shape index (κ1) is 21.2. The summed E-state index contributed by atoms with van der Waals surface area (Å²) in [7, 11) is 1.40. The van der Waals surface area contributed by atoms with Gasteiger partial charge in [-0.05, 0) is 33.6 Å². The first-order valence-corrected chi connectivity index (χ1v) is 9.54. The Morgan fingerprint density at radius 1 is 1.41 bits per heavy atom. The second-order valence-electron chi connectivity index (χ2n) is 7.97. The van der Waals surface area contributed by atoms with Crippen LogP contribution in [0.25, 0.3) is 0 Å². The van der Waals surface area contributed by atoms with Crippen molar-refractivity contribution in [1.82, 2.24) is 19.8 Å². The third kappa shape index (κ3) is 6.53. The molecule has 0 aromatic carbocycles. The SMILES string of the molecule is CCCn1cnc(C[C@@H](C(=O)OC)N2CC[C@H](NC(=O)OC(C)(C)C)C2)c1. The van der Waals surface area contributed by atoms with E-state index in [-0.39, 0.29) is 12.0 Å². The third-order valence-electron chi connectivity index (χ3n) is 4.43. The van der Waals surface area contributed by atoms with Crippen LogP contribution >= 0.6 is 0 Å². The van der Waals surface area contributed by atoms with Crippen molar-refractivity contribution >= 4 is 12.1 Å². The fourth-order valence-corrected chi connectivity index (χ4v) is 3.25. The normalized spacial score (nSPS) is 18.9. The highest BCUT2D eigenvalue weighted by molar-refractivity contribution is 5.76. The number of nitrogens with one attached hydrogen (secondary N) is 1.